The van der Waals surface area contributed by atoms with Crippen molar-refractivity contribution in [2.45, 2.75) is 31.2 Å². The molecule has 6 heteroatoms. The number of rotatable bonds is 3. The van der Waals surface area contributed by atoms with Crippen molar-refractivity contribution in [3.8, 4) is 22.9 Å². The van der Waals surface area contributed by atoms with Crippen LogP contribution in [0.25, 0.3) is 11.1 Å². The summed E-state index contributed by atoms with van der Waals surface area (Å²) in [6.45, 7) is 5.33. The second-order valence-electron chi connectivity index (χ2n) is 6.22. The number of phenols is 1. The number of nitrogens with zero attached hydrogens (tertiary/aromatic N) is 1. The summed E-state index contributed by atoms with van der Waals surface area (Å²) >= 11 is 0. The summed E-state index contributed by atoms with van der Waals surface area (Å²) in [4.78, 5) is 0.175. The summed E-state index contributed by atoms with van der Waals surface area (Å²) in [5.41, 5.74) is 1.09. The molecule has 2 aromatic rings. The minimum absolute atomic E-state index is 0.101. The van der Waals surface area contributed by atoms with Gasteiger partial charge in [0.1, 0.15) is 11.8 Å². The van der Waals surface area contributed by atoms with E-state index < -0.39 is 15.6 Å². The molecule has 0 saturated carbocycles. The largest absolute Gasteiger partial charge is 0.507 e. The Bertz CT molecular complexity index is 858. The number of nitriles is 1. The van der Waals surface area contributed by atoms with E-state index in [1.807, 2.05) is 6.07 Å². The van der Waals surface area contributed by atoms with Gasteiger partial charge in [-0.05, 0) is 56.2 Å². The maximum Gasteiger partial charge on any atom is 0.241 e. The highest BCUT2D eigenvalue weighted by Crippen LogP contribution is 2.27. The molecule has 0 aliphatic carbocycles. The lowest BCUT2D eigenvalue weighted by Gasteiger charge is -2.20. The number of hydrogen-bond donors (Lipinski definition) is 2. The quantitative estimate of drug-likeness (QED) is 0.905. The van der Waals surface area contributed by atoms with Crippen LogP contribution in [0.15, 0.2) is 47.4 Å². The van der Waals surface area contributed by atoms with Crippen LogP contribution in [0.5, 0.6) is 5.75 Å². The van der Waals surface area contributed by atoms with Crippen LogP contribution in [0, 0.1) is 11.3 Å². The zero-order valence-electron chi connectivity index (χ0n) is 13.2. The molecule has 0 heterocycles. The molecule has 23 heavy (non-hydrogen) atoms. The van der Waals surface area contributed by atoms with E-state index in [4.69, 9.17) is 5.26 Å². The fraction of sp³-hybridized carbons (Fsp3) is 0.235. The van der Waals surface area contributed by atoms with Crippen LogP contribution >= 0.6 is 0 Å². The van der Waals surface area contributed by atoms with Crippen molar-refractivity contribution in [1.29, 1.82) is 5.26 Å². The topological polar surface area (TPSA) is 90.2 Å². The first kappa shape index (κ1) is 17.0. The van der Waals surface area contributed by atoms with Gasteiger partial charge in [-0.1, -0.05) is 18.2 Å². The van der Waals surface area contributed by atoms with Crippen LogP contribution < -0.4 is 4.72 Å². The highest BCUT2D eigenvalue weighted by atomic mass is 32.2. The predicted molar refractivity (Wildman–Crippen MR) is 88.3 cm³/mol. The van der Waals surface area contributed by atoms with E-state index in [0.717, 1.165) is 5.56 Å². The summed E-state index contributed by atoms with van der Waals surface area (Å²) in [6.07, 6.45) is 0. The fourth-order valence-corrected chi connectivity index (χ4v) is 3.51. The standard InChI is InChI=1S/C17H18N2O3S/c1-17(2,3)19-23(21,22)15-8-6-12(7-9-15)13-4-5-14(11-18)16(20)10-13/h4-10,19-20H,1-3H3. The smallest absolute Gasteiger partial charge is 0.241 e. The highest BCUT2D eigenvalue weighted by Gasteiger charge is 2.21. The number of nitrogens with one attached hydrogen (secondary N) is 1. The second-order valence-corrected chi connectivity index (χ2v) is 7.91. The third-order valence-electron chi connectivity index (χ3n) is 3.06. The Morgan fingerprint density at radius 2 is 1.61 bits per heavy atom. The molecule has 0 radical (unpaired) electrons. The Morgan fingerprint density at radius 3 is 2.09 bits per heavy atom. The maximum absolute atomic E-state index is 12.2. The van der Waals surface area contributed by atoms with E-state index in [1.165, 1.54) is 24.3 Å². The molecule has 0 fully saturated rings. The molecule has 5 nitrogen and oxygen atoms in total. The zero-order chi connectivity index (χ0) is 17.3. The third kappa shape index (κ3) is 4.09. The van der Waals surface area contributed by atoms with Crippen LogP contribution in [-0.2, 0) is 10.0 Å². The van der Waals surface area contributed by atoms with E-state index in [1.54, 1.807) is 39.0 Å². The number of sulfonamides is 1. The van der Waals surface area contributed by atoms with E-state index >= 15 is 0 Å². The molecule has 0 amide bonds. The van der Waals surface area contributed by atoms with Crippen molar-refractivity contribution >= 4 is 10.0 Å². The van der Waals surface area contributed by atoms with Crippen LogP contribution in [0.4, 0.5) is 0 Å². The van der Waals surface area contributed by atoms with Crippen LogP contribution in [0.2, 0.25) is 0 Å². The predicted octanol–water partition coefficient (Wildman–Crippen LogP) is 3.01. The molecule has 0 unspecified atom stereocenters. The monoisotopic (exact) mass is 330 g/mol. The third-order valence-corrected chi connectivity index (χ3v) is 4.83. The molecule has 2 aromatic carbocycles. The summed E-state index contributed by atoms with van der Waals surface area (Å²) in [5.74, 6) is -0.101. The Kier molecular flexibility index (Phi) is 4.46. The molecule has 0 bridgehead atoms. The molecule has 0 atom stereocenters. The summed E-state index contributed by atoms with van der Waals surface area (Å²) in [6, 6.07) is 13.0. The van der Waals surface area contributed by atoms with Gasteiger partial charge in [0.05, 0.1) is 10.5 Å². The van der Waals surface area contributed by atoms with Gasteiger partial charge in [-0.2, -0.15) is 5.26 Å². The van der Waals surface area contributed by atoms with Gasteiger partial charge >= 0.3 is 0 Å². The first-order chi connectivity index (χ1) is 10.6. The van der Waals surface area contributed by atoms with Crippen LogP contribution in [0.1, 0.15) is 26.3 Å². The van der Waals surface area contributed by atoms with E-state index in [0.29, 0.717) is 5.56 Å². The number of phenolic OH excluding ortho intramolecular Hbond substituents is 1. The normalized spacial score (nSPS) is 11.9. The minimum atomic E-state index is -3.58. The lowest BCUT2D eigenvalue weighted by molar-refractivity contribution is 0.474. The SMILES string of the molecule is CC(C)(C)NS(=O)(=O)c1ccc(-c2ccc(C#N)c(O)c2)cc1. The molecule has 0 aliphatic heterocycles. The van der Waals surface area contributed by atoms with Gasteiger partial charge in [0.25, 0.3) is 0 Å². The Balaban J connectivity index is 2.33. The molecule has 2 rings (SSSR count). The van der Waals surface area contributed by atoms with Gasteiger partial charge < -0.3 is 5.11 Å². The molecule has 2 N–H and O–H groups in total. The van der Waals surface area contributed by atoms with Gasteiger partial charge in [-0.15, -0.1) is 0 Å². The lowest BCUT2D eigenvalue weighted by atomic mass is 10.0. The van der Waals surface area contributed by atoms with Crippen molar-refractivity contribution in [2.75, 3.05) is 0 Å². The number of aromatic hydroxyl groups is 1. The van der Waals surface area contributed by atoms with Crippen molar-refractivity contribution in [3.05, 3.63) is 48.0 Å². The van der Waals surface area contributed by atoms with Crippen molar-refractivity contribution < 1.29 is 13.5 Å². The minimum Gasteiger partial charge on any atom is -0.507 e. The molecule has 0 aromatic heterocycles. The Hall–Kier alpha value is -2.36. The Morgan fingerprint density at radius 1 is 1.04 bits per heavy atom. The van der Waals surface area contributed by atoms with Crippen molar-refractivity contribution in [1.82, 2.24) is 4.72 Å². The number of hydrogen-bond acceptors (Lipinski definition) is 4. The fourth-order valence-electron chi connectivity index (χ4n) is 2.09. The van der Waals surface area contributed by atoms with Gasteiger partial charge in [-0.25, -0.2) is 13.1 Å². The van der Waals surface area contributed by atoms with Crippen LogP contribution in [-0.4, -0.2) is 19.1 Å². The molecular weight excluding hydrogens is 312 g/mol. The average molecular weight is 330 g/mol. The maximum atomic E-state index is 12.2. The summed E-state index contributed by atoms with van der Waals surface area (Å²) < 4.78 is 27.1. The van der Waals surface area contributed by atoms with Gasteiger partial charge in [0.2, 0.25) is 10.0 Å². The molecule has 0 aliphatic rings. The second kappa shape index (κ2) is 6.03. The molecular formula is C17H18N2O3S. The number of benzene rings is 2. The lowest BCUT2D eigenvalue weighted by Crippen LogP contribution is -2.40. The van der Waals surface area contributed by atoms with Crippen molar-refractivity contribution in [2.24, 2.45) is 0 Å². The van der Waals surface area contributed by atoms with E-state index in [-0.39, 0.29) is 16.2 Å². The van der Waals surface area contributed by atoms with E-state index in [9.17, 15) is 13.5 Å². The molecule has 0 saturated heterocycles. The van der Waals surface area contributed by atoms with Crippen LogP contribution in [0.3, 0.4) is 0 Å². The Labute approximate surface area is 136 Å². The zero-order valence-corrected chi connectivity index (χ0v) is 14.0. The molecule has 120 valence electrons. The van der Waals surface area contributed by atoms with Gasteiger partial charge in [0, 0.05) is 5.54 Å². The highest BCUT2D eigenvalue weighted by molar-refractivity contribution is 7.89. The first-order valence-corrected chi connectivity index (χ1v) is 8.48. The average Bonchev–Trinajstić information content (AvgIpc) is 2.45. The first-order valence-electron chi connectivity index (χ1n) is 7.00. The molecule has 0 spiro atoms. The van der Waals surface area contributed by atoms with Gasteiger partial charge in [0.15, 0.2) is 0 Å². The van der Waals surface area contributed by atoms with Gasteiger partial charge in [-0.3, -0.25) is 0 Å². The summed E-state index contributed by atoms with van der Waals surface area (Å²) in [7, 11) is -3.58. The van der Waals surface area contributed by atoms with Crippen molar-refractivity contribution in [3.63, 3.8) is 0 Å². The van der Waals surface area contributed by atoms with E-state index in [2.05, 4.69) is 4.72 Å². The summed E-state index contributed by atoms with van der Waals surface area (Å²) in [5, 5.41) is 18.6.